The lowest BCUT2D eigenvalue weighted by molar-refractivity contribution is 0.000702. The Morgan fingerprint density at radius 3 is 2.63 bits per heavy atom. The lowest BCUT2D eigenvalue weighted by atomic mass is 10.1. The first-order chi connectivity index (χ1) is 8.89. The zero-order valence-corrected chi connectivity index (χ0v) is 11.9. The van der Waals surface area contributed by atoms with E-state index in [0.717, 1.165) is 5.69 Å². The van der Waals surface area contributed by atoms with E-state index in [0.29, 0.717) is 24.4 Å². The number of nitrogen functional groups attached to an aromatic ring is 1. The molecule has 106 valence electrons. The molecule has 0 aliphatic heterocycles. The molecule has 19 heavy (non-hydrogen) atoms. The van der Waals surface area contributed by atoms with Gasteiger partial charge in [0.1, 0.15) is 0 Å². The molecule has 0 heterocycles. The van der Waals surface area contributed by atoms with Crippen LogP contribution < -0.4 is 11.1 Å². The number of nitrogens with two attached hydrogens (primary N) is 1. The molecule has 0 atom stereocenters. The predicted octanol–water partition coefficient (Wildman–Crippen LogP) is 2.28. The van der Waals surface area contributed by atoms with Crippen molar-refractivity contribution in [3.63, 3.8) is 0 Å². The maximum absolute atomic E-state index is 11.4. The van der Waals surface area contributed by atoms with Gasteiger partial charge in [-0.2, -0.15) is 0 Å². The van der Waals surface area contributed by atoms with E-state index in [2.05, 4.69) is 10.1 Å². The van der Waals surface area contributed by atoms with Gasteiger partial charge in [0.05, 0.1) is 29.6 Å². The summed E-state index contributed by atoms with van der Waals surface area (Å²) in [5.41, 5.74) is 7.36. The Labute approximate surface area is 114 Å². The normalized spacial score (nSPS) is 11.2. The lowest BCUT2D eigenvalue weighted by Gasteiger charge is -2.25. The third-order valence-corrected chi connectivity index (χ3v) is 2.71. The minimum Gasteiger partial charge on any atom is -0.465 e. The Morgan fingerprint density at radius 1 is 1.42 bits per heavy atom. The molecular weight excluding hydrogens is 244 g/mol. The highest BCUT2D eigenvalue weighted by molar-refractivity contribution is 5.91. The molecule has 0 aromatic heterocycles. The second-order valence-corrected chi connectivity index (χ2v) is 4.84. The summed E-state index contributed by atoms with van der Waals surface area (Å²) in [5, 5.41) is 3.22. The van der Waals surface area contributed by atoms with Crippen molar-refractivity contribution >= 4 is 17.3 Å². The SMILES string of the molecule is CCOC(C)(C)CNc1ccc(C(=O)OC)cc1N. The van der Waals surface area contributed by atoms with Crippen LogP contribution in [-0.2, 0) is 9.47 Å². The van der Waals surface area contributed by atoms with Gasteiger partial charge in [-0.1, -0.05) is 0 Å². The lowest BCUT2D eigenvalue weighted by Crippen LogP contribution is -2.33. The van der Waals surface area contributed by atoms with Gasteiger partial charge in [0.15, 0.2) is 0 Å². The van der Waals surface area contributed by atoms with Crippen molar-refractivity contribution < 1.29 is 14.3 Å². The molecule has 0 bridgehead atoms. The molecule has 0 saturated carbocycles. The van der Waals surface area contributed by atoms with Gasteiger partial charge in [-0.25, -0.2) is 4.79 Å². The maximum atomic E-state index is 11.4. The molecule has 1 aromatic carbocycles. The van der Waals surface area contributed by atoms with Crippen LogP contribution in [0.25, 0.3) is 0 Å². The summed E-state index contributed by atoms with van der Waals surface area (Å²) in [5.74, 6) is -0.395. The largest absolute Gasteiger partial charge is 0.465 e. The standard InChI is InChI=1S/C14H22N2O3/c1-5-19-14(2,3)9-16-12-7-6-10(8-11(12)15)13(17)18-4/h6-8,16H,5,9,15H2,1-4H3. The van der Waals surface area contributed by atoms with Crippen molar-refractivity contribution in [3.05, 3.63) is 23.8 Å². The zero-order valence-electron chi connectivity index (χ0n) is 11.9. The highest BCUT2D eigenvalue weighted by Gasteiger charge is 2.17. The molecular formula is C14H22N2O3. The van der Waals surface area contributed by atoms with Gasteiger partial charge in [0.25, 0.3) is 0 Å². The molecule has 0 aliphatic rings. The molecule has 0 saturated heterocycles. The highest BCUT2D eigenvalue weighted by atomic mass is 16.5. The van der Waals surface area contributed by atoms with Crippen molar-refractivity contribution in [1.82, 2.24) is 0 Å². The van der Waals surface area contributed by atoms with Gasteiger partial charge in [-0.05, 0) is 39.0 Å². The maximum Gasteiger partial charge on any atom is 0.337 e. The molecule has 0 amide bonds. The van der Waals surface area contributed by atoms with Crippen molar-refractivity contribution in [2.75, 3.05) is 31.3 Å². The van der Waals surface area contributed by atoms with E-state index < -0.39 is 5.97 Å². The smallest absolute Gasteiger partial charge is 0.337 e. The first-order valence-corrected chi connectivity index (χ1v) is 6.25. The molecule has 0 spiro atoms. The molecule has 1 aromatic rings. The van der Waals surface area contributed by atoms with E-state index in [1.807, 2.05) is 20.8 Å². The van der Waals surface area contributed by atoms with Crippen LogP contribution in [0.2, 0.25) is 0 Å². The van der Waals surface area contributed by atoms with E-state index >= 15 is 0 Å². The van der Waals surface area contributed by atoms with Crippen molar-refractivity contribution in [3.8, 4) is 0 Å². The van der Waals surface area contributed by atoms with E-state index in [-0.39, 0.29) is 5.60 Å². The summed E-state index contributed by atoms with van der Waals surface area (Å²) in [6.07, 6.45) is 0. The minimum absolute atomic E-state index is 0.276. The van der Waals surface area contributed by atoms with Gasteiger partial charge in [-0.15, -0.1) is 0 Å². The Balaban J connectivity index is 2.73. The fourth-order valence-corrected chi connectivity index (χ4v) is 1.72. The number of nitrogens with one attached hydrogen (secondary N) is 1. The third kappa shape index (κ3) is 4.44. The van der Waals surface area contributed by atoms with Crippen molar-refractivity contribution in [2.24, 2.45) is 0 Å². The number of carbonyl (C=O) groups is 1. The highest BCUT2D eigenvalue weighted by Crippen LogP contribution is 2.21. The summed E-state index contributed by atoms with van der Waals surface area (Å²) in [4.78, 5) is 11.4. The molecule has 0 radical (unpaired) electrons. The number of hydrogen-bond acceptors (Lipinski definition) is 5. The first kappa shape index (κ1) is 15.3. The predicted molar refractivity (Wildman–Crippen MR) is 76.4 cm³/mol. The van der Waals surface area contributed by atoms with Crippen LogP contribution in [0, 0.1) is 0 Å². The Morgan fingerprint density at radius 2 is 2.11 bits per heavy atom. The van der Waals surface area contributed by atoms with Gasteiger partial charge < -0.3 is 20.5 Å². The Bertz CT molecular complexity index is 444. The minimum atomic E-state index is -0.395. The number of esters is 1. The number of methoxy groups -OCH3 is 1. The van der Waals surface area contributed by atoms with Gasteiger partial charge >= 0.3 is 5.97 Å². The van der Waals surface area contributed by atoms with Gasteiger partial charge in [0.2, 0.25) is 0 Å². The molecule has 0 unspecified atom stereocenters. The van der Waals surface area contributed by atoms with E-state index in [9.17, 15) is 4.79 Å². The van der Waals surface area contributed by atoms with E-state index in [4.69, 9.17) is 10.5 Å². The van der Waals surface area contributed by atoms with Crippen molar-refractivity contribution in [2.45, 2.75) is 26.4 Å². The van der Waals surface area contributed by atoms with Crippen LogP contribution in [0.1, 0.15) is 31.1 Å². The fraction of sp³-hybridized carbons (Fsp3) is 0.500. The van der Waals surface area contributed by atoms with Gasteiger partial charge in [-0.3, -0.25) is 0 Å². The van der Waals surface area contributed by atoms with Crippen LogP contribution in [0.4, 0.5) is 11.4 Å². The summed E-state index contributed by atoms with van der Waals surface area (Å²) in [6.45, 7) is 7.25. The second kappa shape index (κ2) is 6.43. The number of anilines is 2. The number of hydrogen-bond donors (Lipinski definition) is 2. The van der Waals surface area contributed by atoms with Crippen LogP contribution in [0.15, 0.2) is 18.2 Å². The van der Waals surface area contributed by atoms with Crippen molar-refractivity contribution in [1.29, 1.82) is 0 Å². The van der Waals surface area contributed by atoms with E-state index in [1.165, 1.54) is 7.11 Å². The first-order valence-electron chi connectivity index (χ1n) is 6.25. The van der Waals surface area contributed by atoms with Crippen LogP contribution in [-0.4, -0.2) is 31.8 Å². The molecule has 5 nitrogen and oxygen atoms in total. The zero-order chi connectivity index (χ0) is 14.5. The molecule has 5 heteroatoms. The number of carbonyl (C=O) groups excluding carboxylic acids is 1. The Hall–Kier alpha value is -1.75. The Kier molecular flexibility index (Phi) is 5.18. The third-order valence-electron chi connectivity index (χ3n) is 2.71. The number of benzene rings is 1. The molecule has 0 aliphatic carbocycles. The topological polar surface area (TPSA) is 73.6 Å². The summed E-state index contributed by atoms with van der Waals surface area (Å²) in [7, 11) is 1.34. The van der Waals surface area contributed by atoms with E-state index in [1.54, 1.807) is 18.2 Å². The monoisotopic (exact) mass is 266 g/mol. The van der Waals surface area contributed by atoms with Crippen LogP contribution in [0.5, 0.6) is 0 Å². The average molecular weight is 266 g/mol. The quantitative estimate of drug-likeness (QED) is 0.610. The summed E-state index contributed by atoms with van der Waals surface area (Å²) >= 11 is 0. The molecule has 0 fully saturated rings. The second-order valence-electron chi connectivity index (χ2n) is 4.84. The molecule has 3 N–H and O–H groups in total. The number of ether oxygens (including phenoxy) is 2. The van der Waals surface area contributed by atoms with Crippen LogP contribution >= 0.6 is 0 Å². The molecule has 1 rings (SSSR count). The van der Waals surface area contributed by atoms with Crippen LogP contribution in [0.3, 0.4) is 0 Å². The summed E-state index contributed by atoms with van der Waals surface area (Å²) < 4.78 is 10.2. The fourth-order valence-electron chi connectivity index (χ4n) is 1.72. The average Bonchev–Trinajstić information content (AvgIpc) is 2.36. The number of rotatable bonds is 6. The summed E-state index contributed by atoms with van der Waals surface area (Å²) in [6, 6.07) is 5.05. The van der Waals surface area contributed by atoms with Gasteiger partial charge in [0, 0.05) is 13.2 Å².